The van der Waals surface area contributed by atoms with Gasteiger partial charge in [-0.2, -0.15) is 0 Å². The lowest BCUT2D eigenvalue weighted by atomic mass is 10.3. The van der Waals surface area contributed by atoms with E-state index in [2.05, 4.69) is 26.2 Å². The first kappa shape index (κ1) is 11.9. The SMILES string of the molecule is CNc1ccnc(COc2cccc(Br)c2)c1. The fourth-order valence-corrected chi connectivity index (χ4v) is 1.80. The molecule has 0 radical (unpaired) electrons. The average Bonchev–Trinajstić information content (AvgIpc) is 2.37. The molecule has 0 unspecified atom stereocenters. The van der Waals surface area contributed by atoms with E-state index in [-0.39, 0.29) is 0 Å². The van der Waals surface area contributed by atoms with Crippen LogP contribution in [-0.4, -0.2) is 12.0 Å². The molecule has 0 fully saturated rings. The van der Waals surface area contributed by atoms with Gasteiger partial charge in [0.05, 0.1) is 5.69 Å². The first-order valence-corrected chi connectivity index (χ1v) is 6.08. The number of anilines is 1. The maximum Gasteiger partial charge on any atom is 0.130 e. The summed E-state index contributed by atoms with van der Waals surface area (Å²) in [5.74, 6) is 0.830. The molecule has 17 heavy (non-hydrogen) atoms. The normalized spacial score (nSPS) is 10.0. The monoisotopic (exact) mass is 292 g/mol. The van der Waals surface area contributed by atoms with E-state index in [1.807, 2.05) is 43.4 Å². The predicted octanol–water partition coefficient (Wildman–Crippen LogP) is 3.46. The molecule has 2 rings (SSSR count). The third-order valence-electron chi connectivity index (χ3n) is 2.29. The van der Waals surface area contributed by atoms with E-state index in [9.17, 15) is 0 Å². The first-order chi connectivity index (χ1) is 8.28. The first-order valence-electron chi connectivity index (χ1n) is 5.29. The molecule has 0 aliphatic heterocycles. The highest BCUT2D eigenvalue weighted by atomic mass is 79.9. The minimum atomic E-state index is 0.464. The van der Waals surface area contributed by atoms with Gasteiger partial charge in [0.2, 0.25) is 0 Å². The third kappa shape index (κ3) is 3.46. The number of halogens is 1. The van der Waals surface area contributed by atoms with Crippen LogP contribution in [0.4, 0.5) is 5.69 Å². The van der Waals surface area contributed by atoms with Crippen molar-refractivity contribution < 1.29 is 4.74 Å². The van der Waals surface area contributed by atoms with Gasteiger partial charge in [0.25, 0.3) is 0 Å². The Balaban J connectivity index is 2.02. The Morgan fingerprint density at radius 1 is 1.29 bits per heavy atom. The van der Waals surface area contributed by atoms with E-state index in [1.54, 1.807) is 6.20 Å². The van der Waals surface area contributed by atoms with Crippen molar-refractivity contribution in [2.75, 3.05) is 12.4 Å². The Bertz CT molecular complexity index is 502. The van der Waals surface area contributed by atoms with Crippen LogP contribution < -0.4 is 10.1 Å². The van der Waals surface area contributed by atoms with Gasteiger partial charge in [0.15, 0.2) is 0 Å². The van der Waals surface area contributed by atoms with Gasteiger partial charge < -0.3 is 10.1 Å². The maximum atomic E-state index is 5.65. The van der Waals surface area contributed by atoms with Gasteiger partial charge >= 0.3 is 0 Å². The van der Waals surface area contributed by atoms with Crippen LogP contribution in [0.1, 0.15) is 5.69 Å². The van der Waals surface area contributed by atoms with E-state index >= 15 is 0 Å². The van der Waals surface area contributed by atoms with Crippen molar-refractivity contribution in [3.05, 3.63) is 52.8 Å². The minimum Gasteiger partial charge on any atom is -0.487 e. The fourth-order valence-electron chi connectivity index (χ4n) is 1.43. The van der Waals surface area contributed by atoms with E-state index in [0.717, 1.165) is 21.6 Å². The summed E-state index contributed by atoms with van der Waals surface area (Å²) in [5.41, 5.74) is 1.93. The zero-order chi connectivity index (χ0) is 12.1. The lowest BCUT2D eigenvalue weighted by Gasteiger charge is -2.07. The topological polar surface area (TPSA) is 34.2 Å². The van der Waals surface area contributed by atoms with E-state index < -0.39 is 0 Å². The van der Waals surface area contributed by atoms with Crippen molar-refractivity contribution in [2.45, 2.75) is 6.61 Å². The Labute approximate surface area is 109 Å². The van der Waals surface area contributed by atoms with Crippen LogP contribution in [0.3, 0.4) is 0 Å². The second-order valence-corrected chi connectivity index (χ2v) is 4.45. The van der Waals surface area contributed by atoms with Crippen molar-refractivity contribution in [3.8, 4) is 5.75 Å². The quantitative estimate of drug-likeness (QED) is 0.937. The lowest BCUT2D eigenvalue weighted by Crippen LogP contribution is -1.99. The van der Waals surface area contributed by atoms with Crippen molar-refractivity contribution in [3.63, 3.8) is 0 Å². The Hall–Kier alpha value is -1.55. The molecule has 1 aromatic heterocycles. The average molecular weight is 293 g/mol. The summed E-state index contributed by atoms with van der Waals surface area (Å²) in [6.45, 7) is 0.464. The highest BCUT2D eigenvalue weighted by Crippen LogP contribution is 2.19. The zero-order valence-corrected chi connectivity index (χ0v) is 11.1. The number of nitrogens with one attached hydrogen (secondary N) is 1. The molecule has 0 saturated heterocycles. The number of ether oxygens (including phenoxy) is 1. The fraction of sp³-hybridized carbons (Fsp3) is 0.154. The molecular weight excluding hydrogens is 280 g/mol. The molecule has 0 atom stereocenters. The van der Waals surface area contributed by atoms with Gasteiger partial charge in [-0.3, -0.25) is 4.98 Å². The number of hydrogen-bond acceptors (Lipinski definition) is 3. The van der Waals surface area contributed by atoms with E-state index in [0.29, 0.717) is 6.61 Å². The molecule has 0 amide bonds. The zero-order valence-electron chi connectivity index (χ0n) is 9.48. The molecule has 88 valence electrons. The summed E-state index contributed by atoms with van der Waals surface area (Å²) >= 11 is 3.41. The molecule has 0 spiro atoms. The molecule has 0 bridgehead atoms. The maximum absolute atomic E-state index is 5.65. The second kappa shape index (κ2) is 5.68. The molecule has 2 aromatic rings. The van der Waals surface area contributed by atoms with Gasteiger partial charge in [0, 0.05) is 23.4 Å². The summed E-state index contributed by atoms with van der Waals surface area (Å²) in [7, 11) is 1.88. The van der Waals surface area contributed by atoms with Crippen LogP contribution in [-0.2, 0) is 6.61 Å². The molecule has 0 aliphatic rings. The van der Waals surface area contributed by atoms with Crippen LogP contribution >= 0.6 is 15.9 Å². The number of benzene rings is 1. The van der Waals surface area contributed by atoms with Crippen molar-refractivity contribution in [1.29, 1.82) is 0 Å². The Kier molecular flexibility index (Phi) is 3.98. The highest BCUT2D eigenvalue weighted by molar-refractivity contribution is 9.10. The van der Waals surface area contributed by atoms with Crippen LogP contribution in [0.15, 0.2) is 47.1 Å². The summed E-state index contributed by atoms with van der Waals surface area (Å²) in [6.07, 6.45) is 1.77. The second-order valence-electron chi connectivity index (χ2n) is 3.53. The number of pyridine rings is 1. The molecule has 1 aromatic carbocycles. The number of nitrogens with zero attached hydrogens (tertiary/aromatic N) is 1. The molecule has 3 nitrogen and oxygen atoms in total. The molecule has 0 aliphatic carbocycles. The number of rotatable bonds is 4. The summed E-state index contributed by atoms with van der Waals surface area (Å²) < 4.78 is 6.66. The van der Waals surface area contributed by atoms with Gasteiger partial charge in [-0.1, -0.05) is 22.0 Å². The number of aromatic nitrogens is 1. The summed E-state index contributed by atoms with van der Waals surface area (Å²) in [6, 6.07) is 11.7. The largest absolute Gasteiger partial charge is 0.487 e. The van der Waals surface area contributed by atoms with Crippen LogP contribution in [0, 0.1) is 0 Å². The molecule has 0 saturated carbocycles. The van der Waals surface area contributed by atoms with Crippen LogP contribution in [0.2, 0.25) is 0 Å². The molecular formula is C13H13BrN2O. The van der Waals surface area contributed by atoms with Crippen LogP contribution in [0.5, 0.6) is 5.75 Å². The standard InChI is InChI=1S/C13H13BrN2O/c1-15-11-5-6-16-12(8-11)9-17-13-4-2-3-10(14)7-13/h2-8H,9H2,1H3,(H,15,16). The molecule has 4 heteroatoms. The molecule has 1 N–H and O–H groups in total. The summed E-state index contributed by atoms with van der Waals surface area (Å²) in [4.78, 5) is 4.25. The third-order valence-corrected chi connectivity index (χ3v) is 2.78. The van der Waals surface area contributed by atoms with Crippen molar-refractivity contribution >= 4 is 21.6 Å². The van der Waals surface area contributed by atoms with Crippen LogP contribution in [0.25, 0.3) is 0 Å². The predicted molar refractivity (Wildman–Crippen MR) is 72.3 cm³/mol. The lowest BCUT2D eigenvalue weighted by molar-refractivity contribution is 0.301. The van der Waals surface area contributed by atoms with Crippen molar-refractivity contribution in [1.82, 2.24) is 4.98 Å². The van der Waals surface area contributed by atoms with Gasteiger partial charge in [0.1, 0.15) is 12.4 Å². The number of hydrogen-bond donors (Lipinski definition) is 1. The smallest absolute Gasteiger partial charge is 0.130 e. The molecule has 1 heterocycles. The Morgan fingerprint density at radius 2 is 2.18 bits per heavy atom. The van der Waals surface area contributed by atoms with E-state index in [4.69, 9.17) is 4.74 Å². The van der Waals surface area contributed by atoms with E-state index in [1.165, 1.54) is 0 Å². The highest BCUT2D eigenvalue weighted by Gasteiger charge is 1.99. The summed E-state index contributed by atoms with van der Waals surface area (Å²) in [5, 5.41) is 3.07. The Morgan fingerprint density at radius 3 is 2.94 bits per heavy atom. The van der Waals surface area contributed by atoms with Crippen molar-refractivity contribution in [2.24, 2.45) is 0 Å². The van der Waals surface area contributed by atoms with Gasteiger partial charge in [-0.25, -0.2) is 0 Å². The van der Waals surface area contributed by atoms with Gasteiger partial charge in [-0.15, -0.1) is 0 Å². The van der Waals surface area contributed by atoms with Gasteiger partial charge in [-0.05, 0) is 30.3 Å². The minimum absolute atomic E-state index is 0.464.